The number of rotatable bonds is 14. The molecule has 10 N–H and O–H groups in total. The smallest absolute Gasteiger partial charge is 0.232 e. The van der Waals surface area contributed by atoms with Gasteiger partial charge in [0.2, 0.25) is 11.8 Å². The van der Waals surface area contributed by atoms with E-state index in [1.165, 1.54) is 5.56 Å². The van der Waals surface area contributed by atoms with Gasteiger partial charge in [0.15, 0.2) is 0 Å². The van der Waals surface area contributed by atoms with Gasteiger partial charge < -0.3 is 42.1 Å². The molecule has 1 saturated heterocycles. The first-order valence-corrected chi connectivity index (χ1v) is 17.2. The number of benzene rings is 3. The molecule has 1 fully saturated rings. The summed E-state index contributed by atoms with van der Waals surface area (Å²) >= 11 is 0. The number of aliphatic hydroxyl groups is 4. The molecule has 1 aliphatic heterocycles. The summed E-state index contributed by atoms with van der Waals surface area (Å²) in [5.74, 6) is -2.30. The predicted molar refractivity (Wildman–Crippen MR) is 193 cm³/mol. The molecule has 51 heavy (non-hydrogen) atoms. The number of carbonyl (C=O) groups excluding carboxylic acids is 2. The lowest BCUT2D eigenvalue weighted by molar-refractivity contribution is -0.127. The van der Waals surface area contributed by atoms with Crippen molar-refractivity contribution in [1.29, 1.82) is 0 Å². The van der Waals surface area contributed by atoms with Crippen LogP contribution in [0.5, 0.6) is 11.5 Å². The second-order valence-corrected chi connectivity index (χ2v) is 13.8. The van der Waals surface area contributed by atoms with Crippen LogP contribution in [0.25, 0.3) is 0 Å². The first kappa shape index (κ1) is 39.7. The number of hydrogen-bond acceptors (Lipinski definition) is 11. The minimum Gasteiger partial charge on any atom is -0.507 e. The van der Waals surface area contributed by atoms with E-state index >= 15 is 0 Å². The van der Waals surface area contributed by atoms with Crippen molar-refractivity contribution in [1.82, 2.24) is 14.7 Å². The van der Waals surface area contributed by atoms with Crippen molar-refractivity contribution in [2.45, 2.75) is 50.7 Å². The van der Waals surface area contributed by atoms with Crippen LogP contribution in [0, 0.1) is 13.8 Å². The van der Waals surface area contributed by atoms with E-state index in [1.807, 2.05) is 44.2 Å². The number of aliphatic hydroxyl groups excluding tert-OH is 4. The van der Waals surface area contributed by atoms with E-state index in [4.69, 9.17) is 11.5 Å². The van der Waals surface area contributed by atoms with Crippen molar-refractivity contribution < 1.29 is 40.2 Å². The van der Waals surface area contributed by atoms with E-state index in [2.05, 4.69) is 26.8 Å². The first-order chi connectivity index (χ1) is 24.3. The normalized spacial score (nSPS) is 15.9. The zero-order chi connectivity index (χ0) is 37.3. The van der Waals surface area contributed by atoms with Crippen LogP contribution in [0.4, 0.5) is 0 Å². The highest BCUT2D eigenvalue weighted by Crippen LogP contribution is 2.37. The summed E-state index contributed by atoms with van der Waals surface area (Å²) in [6.07, 6.45) is 0.838. The third-order valence-corrected chi connectivity index (χ3v) is 10.2. The van der Waals surface area contributed by atoms with Gasteiger partial charge in [0, 0.05) is 68.1 Å². The van der Waals surface area contributed by atoms with Crippen LogP contribution in [0.2, 0.25) is 0 Å². The van der Waals surface area contributed by atoms with Gasteiger partial charge in [-0.2, -0.15) is 0 Å². The Balaban J connectivity index is 1.68. The van der Waals surface area contributed by atoms with Gasteiger partial charge in [-0.1, -0.05) is 65.7 Å². The summed E-state index contributed by atoms with van der Waals surface area (Å²) in [6.45, 7) is 5.86. The molecular weight excluding hydrogens is 654 g/mol. The molecule has 1 heterocycles. The molecule has 0 radical (unpaired) electrons. The second-order valence-electron chi connectivity index (χ2n) is 13.8. The van der Waals surface area contributed by atoms with Crippen LogP contribution < -0.4 is 11.5 Å². The molecule has 0 spiro atoms. The van der Waals surface area contributed by atoms with Crippen molar-refractivity contribution in [3.63, 3.8) is 0 Å². The van der Waals surface area contributed by atoms with E-state index in [1.54, 1.807) is 12.1 Å². The molecule has 4 rings (SSSR count). The summed E-state index contributed by atoms with van der Waals surface area (Å²) in [7, 11) is 0. The Kier molecular flexibility index (Phi) is 13.6. The van der Waals surface area contributed by atoms with Crippen LogP contribution >= 0.6 is 0 Å². The van der Waals surface area contributed by atoms with Crippen molar-refractivity contribution >= 4 is 11.8 Å². The molecule has 2 amide bonds. The zero-order valence-electron chi connectivity index (χ0n) is 29.6. The number of phenols is 2. The average Bonchev–Trinajstić information content (AvgIpc) is 3.10. The number of phenolic OH excluding ortho intramolecular Hbond substituents is 2. The van der Waals surface area contributed by atoms with Gasteiger partial charge >= 0.3 is 0 Å². The van der Waals surface area contributed by atoms with Gasteiger partial charge in [0.25, 0.3) is 0 Å². The Hall–Kier alpha value is -4.08. The maximum Gasteiger partial charge on any atom is 0.232 e. The topological polar surface area (TPSA) is 217 Å². The molecule has 278 valence electrons. The van der Waals surface area contributed by atoms with Crippen LogP contribution in [0.15, 0.2) is 54.6 Å². The Morgan fingerprint density at radius 3 is 1.35 bits per heavy atom. The van der Waals surface area contributed by atoms with E-state index in [0.717, 1.165) is 37.2 Å². The molecule has 0 unspecified atom stereocenters. The van der Waals surface area contributed by atoms with Crippen molar-refractivity contribution in [2.24, 2.45) is 11.5 Å². The summed E-state index contributed by atoms with van der Waals surface area (Å²) < 4.78 is 0. The zero-order valence-corrected chi connectivity index (χ0v) is 29.6. The second kappa shape index (κ2) is 17.4. The highest BCUT2D eigenvalue weighted by atomic mass is 16.3. The van der Waals surface area contributed by atoms with Crippen molar-refractivity contribution in [2.75, 3.05) is 65.7 Å². The van der Waals surface area contributed by atoms with E-state index in [0.29, 0.717) is 50.4 Å². The maximum atomic E-state index is 12.5. The van der Waals surface area contributed by atoms with Crippen molar-refractivity contribution in [3.05, 3.63) is 93.5 Å². The summed E-state index contributed by atoms with van der Waals surface area (Å²) in [6, 6.07) is 16.9. The van der Waals surface area contributed by atoms with Crippen LogP contribution in [0.1, 0.15) is 45.4 Å². The quantitative estimate of drug-likeness (QED) is 0.114. The minimum atomic E-state index is -1.85. The number of aromatic hydroxyl groups is 2. The Morgan fingerprint density at radius 2 is 0.980 bits per heavy atom. The van der Waals surface area contributed by atoms with Gasteiger partial charge in [0.1, 0.15) is 22.3 Å². The highest BCUT2D eigenvalue weighted by molar-refractivity contribution is 5.89. The molecule has 3 aromatic carbocycles. The number of nitrogens with two attached hydrogens (primary N) is 2. The number of hydrogen-bond donors (Lipinski definition) is 8. The monoisotopic (exact) mass is 707 g/mol. The van der Waals surface area contributed by atoms with Crippen LogP contribution in [-0.2, 0) is 40.1 Å². The number of primary amides is 2. The van der Waals surface area contributed by atoms with Gasteiger partial charge in [-0.3, -0.25) is 24.3 Å². The van der Waals surface area contributed by atoms with Gasteiger partial charge in [-0.15, -0.1) is 0 Å². The standard InChI is InChI=1S/C38H53N5O8/c1-26-15-29(33(48)31(17-26)37(22-44,23-45)35(39)50)20-42-10-6-9-41(19-28-7-4-3-5-8-28)11-13-43(14-12-42)21-30-16-27(2)18-32(34(30)49)38(24-46,25-47)36(40)51/h3-5,7-8,15-18,44-49H,6,9-14,19-25H2,1-2H3,(H2,39,50)(H2,40,51). The molecule has 3 aromatic rings. The summed E-state index contributed by atoms with van der Waals surface area (Å²) in [5, 5.41) is 63.5. The third-order valence-electron chi connectivity index (χ3n) is 10.2. The molecule has 0 bridgehead atoms. The molecule has 0 aromatic heterocycles. The van der Waals surface area contributed by atoms with Crippen LogP contribution in [-0.4, -0.2) is 123 Å². The number of amides is 2. The van der Waals surface area contributed by atoms with Gasteiger partial charge in [-0.05, 0) is 38.9 Å². The maximum absolute atomic E-state index is 12.5. The Labute approximate surface area is 299 Å². The molecule has 1 aliphatic rings. The predicted octanol–water partition coefficient (Wildman–Crippen LogP) is 0.340. The molecule has 0 saturated carbocycles. The molecule has 0 aliphatic carbocycles. The van der Waals surface area contributed by atoms with Gasteiger partial charge in [0.05, 0.1) is 26.4 Å². The molecule has 0 atom stereocenters. The van der Waals surface area contributed by atoms with Crippen LogP contribution in [0.3, 0.4) is 0 Å². The average molecular weight is 708 g/mol. The molecule has 13 heteroatoms. The Bertz CT molecular complexity index is 1640. The van der Waals surface area contributed by atoms with Gasteiger partial charge in [-0.25, -0.2) is 0 Å². The number of aryl methyl sites for hydroxylation is 2. The summed E-state index contributed by atoms with van der Waals surface area (Å²) in [4.78, 5) is 31.7. The lowest BCUT2D eigenvalue weighted by Gasteiger charge is -2.34. The largest absolute Gasteiger partial charge is 0.507 e. The fraction of sp³-hybridized carbons (Fsp3) is 0.474. The minimum absolute atomic E-state index is 0.0759. The van der Waals surface area contributed by atoms with E-state index in [9.17, 15) is 40.2 Å². The Morgan fingerprint density at radius 1 is 0.608 bits per heavy atom. The lowest BCUT2D eigenvalue weighted by atomic mass is 9.79. The fourth-order valence-electron chi connectivity index (χ4n) is 6.91. The van der Waals surface area contributed by atoms with E-state index < -0.39 is 49.1 Å². The number of nitrogens with zero attached hydrogens (tertiary/aromatic N) is 3. The third kappa shape index (κ3) is 8.87. The number of carbonyl (C=O) groups is 2. The lowest BCUT2D eigenvalue weighted by Crippen LogP contribution is -2.47. The molecule has 13 nitrogen and oxygen atoms in total. The molecular formula is C38H53N5O8. The fourth-order valence-corrected chi connectivity index (χ4v) is 6.91. The summed E-state index contributed by atoms with van der Waals surface area (Å²) in [5.41, 5.74) is 11.4. The van der Waals surface area contributed by atoms with E-state index in [-0.39, 0.29) is 22.6 Å². The SMILES string of the molecule is Cc1cc(CN2CCCN(Cc3ccccc3)CCN(Cc3cc(C)cc(C(CO)(CO)C(N)=O)c3O)CC2)c(O)c(C(CO)(CO)C(N)=O)c1. The highest BCUT2D eigenvalue weighted by Gasteiger charge is 2.42. The first-order valence-electron chi connectivity index (χ1n) is 17.2. The van der Waals surface area contributed by atoms with Crippen molar-refractivity contribution in [3.8, 4) is 11.5 Å².